The van der Waals surface area contributed by atoms with E-state index in [0.717, 1.165) is 0 Å². The van der Waals surface area contributed by atoms with Crippen LogP contribution in [0.4, 0.5) is 0 Å². The van der Waals surface area contributed by atoms with Crippen molar-refractivity contribution in [2.45, 2.75) is 26.2 Å². The van der Waals surface area contributed by atoms with E-state index in [4.69, 9.17) is 0 Å². The van der Waals surface area contributed by atoms with Crippen LogP contribution in [-0.2, 0) is 0 Å². The molecule has 0 radical (unpaired) electrons. The minimum absolute atomic E-state index is 1.35. The van der Waals surface area contributed by atoms with Gasteiger partial charge in [0.1, 0.15) is 0 Å². The molecule has 0 aromatic heterocycles. The Kier molecular flexibility index (Phi) is 0.682. The smallest absolute Gasteiger partial charge is 0.0270 e. The average Bonchev–Trinajstić information content (AvgIpc) is 2.09. The fraction of sp³-hybridized carbons (Fsp3) is 0.500. The van der Waals surface area contributed by atoms with Crippen LogP contribution in [0.5, 0.6) is 0 Å². The molecule has 0 heteroatoms. The first-order chi connectivity index (χ1) is 3.88. The molecule has 0 spiro atoms. The molecule has 8 heavy (non-hydrogen) atoms. The highest BCUT2D eigenvalue weighted by molar-refractivity contribution is 5.53. The van der Waals surface area contributed by atoms with E-state index in [0.29, 0.717) is 0 Å². The third-order valence-corrected chi connectivity index (χ3v) is 2.13. The van der Waals surface area contributed by atoms with Gasteiger partial charge in [-0.05, 0) is 42.9 Å². The van der Waals surface area contributed by atoms with Gasteiger partial charge in [-0.15, -0.1) is 0 Å². The van der Waals surface area contributed by atoms with Crippen molar-refractivity contribution in [3.05, 3.63) is 22.8 Å². The Morgan fingerprint density at radius 1 is 1.38 bits per heavy atom. The van der Waals surface area contributed by atoms with Crippen LogP contribution in [0.15, 0.2) is 22.8 Å². The minimum atomic E-state index is 1.35. The first-order valence-electron chi connectivity index (χ1n) is 3.28. The van der Waals surface area contributed by atoms with Gasteiger partial charge in [0.25, 0.3) is 0 Å². The van der Waals surface area contributed by atoms with Gasteiger partial charge in [-0.3, -0.25) is 0 Å². The minimum Gasteiger partial charge on any atom is -0.0555 e. The van der Waals surface area contributed by atoms with Crippen LogP contribution in [0.2, 0.25) is 0 Å². The molecular weight excluding hydrogens is 96.1 g/mol. The summed E-state index contributed by atoms with van der Waals surface area (Å²) in [5, 5.41) is 0. The van der Waals surface area contributed by atoms with Gasteiger partial charge in [0.05, 0.1) is 0 Å². The Bertz CT molecular complexity index is 182. The summed E-state index contributed by atoms with van der Waals surface area (Å²) in [5.41, 5.74) is 4.85. The van der Waals surface area contributed by atoms with E-state index in [1.807, 2.05) is 0 Å². The van der Waals surface area contributed by atoms with E-state index in [1.165, 1.54) is 24.8 Å². The van der Waals surface area contributed by atoms with Gasteiger partial charge in [0.2, 0.25) is 0 Å². The van der Waals surface area contributed by atoms with Gasteiger partial charge < -0.3 is 0 Å². The second kappa shape index (κ2) is 1.25. The summed E-state index contributed by atoms with van der Waals surface area (Å²) < 4.78 is 0. The molecule has 2 aliphatic carbocycles. The lowest BCUT2D eigenvalue weighted by molar-refractivity contribution is 0.911. The van der Waals surface area contributed by atoms with Gasteiger partial charge in [-0.25, -0.2) is 0 Å². The molecule has 0 saturated carbocycles. The quantitative estimate of drug-likeness (QED) is 0.445. The van der Waals surface area contributed by atoms with Crippen molar-refractivity contribution in [2.75, 3.05) is 0 Å². The van der Waals surface area contributed by atoms with Crippen molar-refractivity contribution in [2.24, 2.45) is 0 Å². The van der Waals surface area contributed by atoms with Crippen molar-refractivity contribution in [1.82, 2.24) is 0 Å². The molecule has 0 nitrogen and oxygen atoms in total. The largest absolute Gasteiger partial charge is 0.0555 e. The van der Waals surface area contributed by atoms with Crippen molar-refractivity contribution >= 4 is 0 Å². The molecule has 0 N–H and O–H groups in total. The van der Waals surface area contributed by atoms with Crippen LogP contribution in [0.25, 0.3) is 0 Å². The van der Waals surface area contributed by atoms with Gasteiger partial charge in [-0.2, -0.15) is 0 Å². The summed E-state index contributed by atoms with van der Waals surface area (Å²) in [6.07, 6.45) is 6.44. The molecule has 2 rings (SSSR count). The summed E-state index contributed by atoms with van der Waals surface area (Å²) in [4.78, 5) is 0. The number of rotatable bonds is 0. The normalized spacial score (nSPS) is 24.9. The van der Waals surface area contributed by atoms with E-state index in [-0.39, 0.29) is 0 Å². The van der Waals surface area contributed by atoms with E-state index < -0.39 is 0 Å². The highest BCUT2D eigenvalue weighted by Gasteiger charge is 2.20. The van der Waals surface area contributed by atoms with Crippen LogP contribution >= 0.6 is 0 Å². The maximum Gasteiger partial charge on any atom is -0.0270 e. The summed E-state index contributed by atoms with van der Waals surface area (Å²) in [6.45, 7) is 2.21. The fourth-order valence-corrected chi connectivity index (χ4v) is 1.65. The molecule has 2 aliphatic rings. The SMILES string of the molecule is CC1=CC2=C1CCC2. The molecule has 0 aromatic carbocycles. The molecule has 0 bridgehead atoms. The lowest BCUT2D eigenvalue weighted by Gasteiger charge is -2.13. The number of hydrogen-bond donors (Lipinski definition) is 0. The summed E-state index contributed by atoms with van der Waals surface area (Å²) in [5.74, 6) is 0. The van der Waals surface area contributed by atoms with Crippen LogP contribution in [-0.4, -0.2) is 0 Å². The Hall–Kier alpha value is -0.520. The van der Waals surface area contributed by atoms with Crippen molar-refractivity contribution in [3.63, 3.8) is 0 Å². The van der Waals surface area contributed by atoms with Crippen LogP contribution in [0.3, 0.4) is 0 Å². The second-order valence-electron chi connectivity index (χ2n) is 2.68. The molecule has 0 aromatic rings. The number of hydrogen-bond acceptors (Lipinski definition) is 0. The molecule has 0 atom stereocenters. The first-order valence-corrected chi connectivity index (χ1v) is 3.28. The molecular formula is C8H10. The highest BCUT2D eigenvalue weighted by atomic mass is 14.2. The average molecular weight is 106 g/mol. The van der Waals surface area contributed by atoms with Gasteiger partial charge >= 0.3 is 0 Å². The molecule has 0 unspecified atom stereocenters. The van der Waals surface area contributed by atoms with Crippen molar-refractivity contribution in [3.8, 4) is 0 Å². The summed E-state index contributed by atoms with van der Waals surface area (Å²) in [7, 11) is 0. The second-order valence-corrected chi connectivity index (χ2v) is 2.68. The molecule has 42 valence electrons. The molecule has 0 heterocycles. The van der Waals surface area contributed by atoms with Crippen molar-refractivity contribution in [1.29, 1.82) is 0 Å². The van der Waals surface area contributed by atoms with Crippen LogP contribution in [0.1, 0.15) is 26.2 Å². The summed E-state index contributed by atoms with van der Waals surface area (Å²) in [6, 6.07) is 0. The zero-order chi connectivity index (χ0) is 5.56. The lowest BCUT2D eigenvalue weighted by atomic mass is 9.93. The van der Waals surface area contributed by atoms with Crippen molar-refractivity contribution < 1.29 is 0 Å². The monoisotopic (exact) mass is 106 g/mol. The maximum absolute atomic E-state index is 2.32. The molecule has 0 aliphatic heterocycles. The first kappa shape index (κ1) is 4.37. The molecule has 0 fully saturated rings. The van der Waals surface area contributed by atoms with Gasteiger partial charge in [-0.1, -0.05) is 6.08 Å². The van der Waals surface area contributed by atoms with Gasteiger partial charge in [0.15, 0.2) is 0 Å². The van der Waals surface area contributed by atoms with E-state index >= 15 is 0 Å². The topological polar surface area (TPSA) is 0 Å². The Labute approximate surface area is 49.9 Å². The van der Waals surface area contributed by atoms with E-state index in [1.54, 1.807) is 11.1 Å². The maximum atomic E-state index is 2.32. The molecule has 0 saturated heterocycles. The van der Waals surface area contributed by atoms with Crippen LogP contribution < -0.4 is 0 Å². The standard InChI is InChI=1S/C8H10/c1-6-5-7-3-2-4-8(6)7/h5H,2-4H2,1H3. The Morgan fingerprint density at radius 2 is 2.25 bits per heavy atom. The van der Waals surface area contributed by atoms with Gasteiger partial charge in [0, 0.05) is 0 Å². The fourth-order valence-electron chi connectivity index (χ4n) is 1.65. The zero-order valence-electron chi connectivity index (χ0n) is 5.20. The zero-order valence-corrected chi connectivity index (χ0v) is 5.20. The molecule has 0 amide bonds. The number of allylic oxidation sites excluding steroid dienone is 4. The predicted molar refractivity (Wildman–Crippen MR) is 34.6 cm³/mol. The Balaban J connectivity index is 2.28. The third kappa shape index (κ3) is 0.360. The van der Waals surface area contributed by atoms with E-state index in [2.05, 4.69) is 13.0 Å². The lowest BCUT2D eigenvalue weighted by Crippen LogP contribution is -1.93. The van der Waals surface area contributed by atoms with Crippen LogP contribution in [0, 0.1) is 0 Å². The predicted octanol–water partition coefficient (Wildman–Crippen LogP) is 2.43. The highest BCUT2D eigenvalue weighted by Crippen LogP contribution is 2.39. The van der Waals surface area contributed by atoms with E-state index in [9.17, 15) is 0 Å². The third-order valence-electron chi connectivity index (χ3n) is 2.13. The Morgan fingerprint density at radius 3 is 2.75 bits per heavy atom. The summed E-state index contributed by atoms with van der Waals surface area (Å²) >= 11 is 0.